The van der Waals surface area contributed by atoms with E-state index in [0.717, 1.165) is 12.1 Å². The lowest BCUT2D eigenvalue weighted by Crippen LogP contribution is -2.04. The van der Waals surface area contributed by atoms with E-state index < -0.39 is 0 Å². The van der Waals surface area contributed by atoms with Gasteiger partial charge in [-0.1, -0.05) is 24.3 Å². The third-order valence-electron chi connectivity index (χ3n) is 2.53. The molecule has 0 spiro atoms. The highest BCUT2D eigenvalue weighted by Crippen LogP contribution is 2.18. The largest absolute Gasteiger partial charge is 0.392 e. The molecule has 2 aromatic carbocycles. The van der Waals surface area contributed by atoms with Crippen LogP contribution in [0.4, 0.5) is 0 Å². The average Bonchev–Trinajstić information content (AvgIpc) is 2.29. The van der Waals surface area contributed by atoms with Gasteiger partial charge in [-0.05, 0) is 41.1 Å². The lowest BCUT2D eigenvalue weighted by molar-refractivity contribution is 0.282. The fraction of sp³-hybridized carbons (Fsp3) is 0.231. The molecule has 2 N–H and O–H groups in total. The summed E-state index contributed by atoms with van der Waals surface area (Å²) in [4.78, 5) is 0. The van der Waals surface area contributed by atoms with Gasteiger partial charge in [-0.2, -0.15) is 0 Å². The van der Waals surface area contributed by atoms with Gasteiger partial charge in [0.25, 0.3) is 0 Å². The Hall–Kier alpha value is -1.38. The van der Waals surface area contributed by atoms with Crippen molar-refractivity contribution in [2.45, 2.75) is 13.2 Å². The van der Waals surface area contributed by atoms with Crippen molar-refractivity contribution >= 4 is 10.8 Å². The molecule has 0 atom stereocenters. The van der Waals surface area contributed by atoms with Crippen LogP contribution in [0.2, 0.25) is 0 Å². The quantitative estimate of drug-likeness (QED) is 0.796. The number of fused-ring (bicyclic) bond motifs is 1. The zero-order valence-electron chi connectivity index (χ0n) is 8.83. The fourth-order valence-corrected chi connectivity index (χ4v) is 1.76. The first-order chi connectivity index (χ1) is 7.33. The van der Waals surface area contributed by atoms with Crippen molar-refractivity contribution in [3.8, 4) is 0 Å². The zero-order chi connectivity index (χ0) is 10.7. The third-order valence-corrected chi connectivity index (χ3v) is 2.53. The molecule has 0 bridgehead atoms. The Kier molecular flexibility index (Phi) is 2.99. The Balaban J connectivity index is 2.45. The Morgan fingerprint density at radius 1 is 1.00 bits per heavy atom. The number of nitrogens with one attached hydrogen (secondary N) is 1. The highest BCUT2D eigenvalue weighted by atomic mass is 16.3. The Labute approximate surface area is 89.6 Å². The summed E-state index contributed by atoms with van der Waals surface area (Å²) < 4.78 is 0. The van der Waals surface area contributed by atoms with Gasteiger partial charge in [-0.15, -0.1) is 0 Å². The lowest BCUT2D eigenvalue weighted by Gasteiger charge is -2.04. The van der Waals surface area contributed by atoms with Gasteiger partial charge in [0.1, 0.15) is 0 Å². The van der Waals surface area contributed by atoms with Crippen molar-refractivity contribution in [2.75, 3.05) is 7.05 Å². The van der Waals surface area contributed by atoms with Gasteiger partial charge in [0.05, 0.1) is 6.61 Å². The van der Waals surface area contributed by atoms with Crippen LogP contribution in [0.5, 0.6) is 0 Å². The van der Waals surface area contributed by atoms with E-state index in [2.05, 4.69) is 29.6 Å². The van der Waals surface area contributed by atoms with E-state index in [1.165, 1.54) is 16.3 Å². The van der Waals surface area contributed by atoms with E-state index in [4.69, 9.17) is 5.11 Å². The first-order valence-electron chi connectivity index (χ1n) is 5.10. The molecule has 2 rings (SSSR count). The summed E-state index contributed by atoms with van der Waals surface area (Å²) in [6.07, 6.45) is 0. The summed E-state index contributed by atoms with van der Waals surface area (Å²) in [6, 6.07) is 12.4. The second-order valence-electron chi connectivity index (χ2n) is 3.70. The molecule has 0 amide bonds. The highest BCUT2D eigenvalue weighted by Gasteiger charge is 1.97. The Morgan fingerprint density at radius 2 is 1.60 bits per heavy atom. The Morgan fingerprint density at radius 3 is 2.20 bits per heavy atom. The van der Waals surface area contributed by atoms with Gasteiger partial charge >= 0.3 is 0 Å². The van der Waals surface area contributed by atoms with E-state index in [-0.39, 0.29) is 6.61 Å². The van der Waals surface area contributed by atoms with Crippen LogP contribution < -0.4 is 5.32 Å². The average molecular weight is 201 g/mol. The van der Waals surface area contributed by atoms with Crippen LogP contribution in [0.25, 0.3) is 10.8 Å². The van der Waals surface area contributed by atoms with Gasteiger partial charge in [0.2, 0.25) is 0 Å². The topological polar surface area (TPSA) is 32.3 Å². The fourth-order valence-electron chi connectivity index (χ4n) is 1.76. The Bertz CT molecular complexity index is 465. The zero-order valence-corrected chi connectivity index (χ0v) is 8.83. The molecule has 0 heterocycles. The third kappa shape index (κ3) is 2.17. The molecule has 0 fully saturated rings. The van der Waals surface area contributed by atoms with Gasteiger partial charge in [0.15, 0.2) is 0 Å². The molecule has 0 radical (unpaired) electrons. The molecule has 2 aromatic rings. The molecular formula is C13H15NO. The van der Waals surface area contributed by atoms with Crippen molar-refractivity contribution in [3.05, 3.63) is 47.5 Å². The van der Waals surface area contributed by atoms with E-state index in [9.17, 15) is 0 Å². The predicted molar refractivity (Wildman–Crippen MR) is 62.6 cm³/mol. The first-order valence-corrected chi connectivity index (χ1v) is 5.10. The van der Waals surface area contributed by atoms with Crippen molar-refractivity contribution in [2.24, 2.45) is 0 Å². The summed E-state index contributed by atoms with van der Waals surface area (Å²) in [5.41, 5.74) is 2.24. The van der Waals surface area contributed by atoms with Crippen molar-refractivity contribution in [1.82, 2.24) is 5.32 Å². The number of aliphatic hydroxyl groups excluding tert-OH is 1. The molecule has 0 aliphatic carbocycles. The second kappa shape index (κ2) is 4.43. The maximum Gasteiger partial charge on any atom is 0.0682 e. The molecule has 0 aromatic heterocycles. The van der Waals surface area contributed by atoms with Crippen LogP contribution in [0.3, 0.4) is 0 Å². The van der Waals surface area contributed by atoms with Gasteiger partial charge in [0, 0.05) is 6.54 Å². The standard InChI is InChI=1S/C13H15NO/c1-14-8-10-2-4-13-7-11(9-15)3-5-12(13)6-10/h2-7,14-15H,8-9H2,1H3. The molecule has 2 heteroatoms. The minimum Gasteiger partial charge on any atom is -0.392 e. The molecule has 0 saturated heterocycles. The number of aliphatic hydroxyl groups is 1. The minimum absolute atomic E-state index is 0.105. The number of rotatable bonds is 3. The van der Waals surface area contributed by atoms with Crippen molar-refractivity contribution in [3.63, 3.8) is 0 Å². The SMILES string of the molecule is CNCc1ccc2cc(CO)ccc2c1. The monoisotopic (exact) mass is 201 g/mol. The summed E-state index contributed by atoms with van der Waals surface area (Å²) in [5.74, 6) is 0. The molecule has 0 aliphatic heterocycles. The second-order valence-corrected chi connectivity index (χ2v) is 3.70. The van der Waals surface area contributed by atoms with E-state index in [1.54, 1.807) is 0 Å². The highest BCUT2D eigenvalue weighted by molar-refractivity contribution is 5.83. The van der Waals surface area contributed by atoms with Gasteiger partial charge in [-0.25, -0.2) is 0 Å². The van der Waals surface area contributed by atoms with Crippen LogP contribution in [0.1, 0.15) is 11.1 Å². The van der Waals surface area contributed by atoms with Crippen LogP contribution in [0.15, 0.2) is 36.4 Å². The number of hydrogen-bond donors (Lipinski definition) is 2. The molecule has 15 heavy (non-hydrogen) atoms. The number of benzene rings is 2. The molecule has 0 saturated carbocycles. The first kappa shape index (κ1) is 10.1. The van der Waals surface area contributed by atoms with Crippen LogP contribution in [-0.2, 0) is 13.2 Å². The van der Waals surface area contributed by atoms with Gasteiger partial charge in [-0.3, -0.25) is 0 Å². The normalized spacial score (nSPS) is 10.8. The van der Waals surface area contributed by atoms with Crippen molar-refractivity contribution in [1.29, 1.82) is 0 Å². The van der Waals surface area contributed by atoms with E-state index >= 15 is 0 Å². The summed E-state index contributed by atoms with van der Waals surface area (Å²) in [5, 5.41) is 14.6. The van der Waals surface area contributed by atoms with E-state index in [0.29, 0.717) is 0 Å². The smallest absolute Gasteiger partial charge is 0.0682 e. The maximum absolute atomic E-state index is 9.03. The molecular weight excluding hydrogens is 186 g/mol. The lowest BCUT2D eigenvalue weighted by atomic mass is 10.0. The minimum atomic E-state index is 0.105. The summed E-state index contributed by atoms with van der Waals surface area (Å²) in [7, 11) is 1.94. The summed E-state index contributed by atoms with van der Waals surface area (Å²) >= 11 is 0. The molecule has 0 unspecified atom stereocenters. The van der Waals surface area contributed by atoms with Crippen LogP contribution >= 0.6 is 0 Å². The van der Waals surface area contributed by atoms with Crippen molar-refractivity contribution < 1.29 is 5.11 Å². The van der Waals surface area contributed by atoms with Crippen LogP contribution in [0, 0.1) is 0 Å². The molecule has 2 nitrogen and oxygen atoms in total. The summed E-state index contributed by atoms with van der Waals surface area (Å²) in [6.45, 7) is 0.992. The maximum atomic E-state index is 9.03. The number of hydrogen-bond acceptors (Lipinski definition) is 2. The molecule has 0 aliphatic rings. The van der Waals surface area contributed by atoms with Crippen LogP contribution in [-0.4, -0.2) is 12.2 Å². The predicted octanol–water partition coefficient (Wildman–Crippen LogP) is 2.05. The molecule has 78 valence electrons. The van der Waals surface area contributed by atoms with Gasteiger partial charge < -0.3 is 10.4 Å². The van der Waals surface area contributed by atoms with E-state index in [1.807, 2.05) is 19.2 Å².